The Bertz CT molecular complexity index is 897. The summed E-state index contributed by atoms with van der Waals surface area (Å²) < 4.78 is 0. The van der Waals surface area contributed by atoms with Gasteiger partial charge in [0.2, 0.25) is 0 Å². The number of likely N-dealkylation sites (N-methyl/N-ethyl adjacent to an activating group) is 1. The van der Waals surface area contributed by atoms with E-state index in [-0.39, 0.29) is 23.8 Å². The summed E-state index contributed by atoms with van der Waals surface area (Å²) in [6, 6.07) is 8.42. The zero-order valence-electron chi connectivity index (χ0n) is 14.7. The quantitative estimate of drug-likeness (QED) is 0.696. The Labute approximate surface area is 160 Å². The average Bonchev–Trinajstić information content (AvgIpc) is 3.24. The van der Waals surface area contributed by atoms with Crippen molar-refractivity contribution < 1.29 is 9.59 Å². The van der Waals surface area contributed by atoms with Crippen LogP contribution in [0.1, 0.15) is 42.5 Å². The second kappa shape index (κ2) is 5.20. The summed E-state index contributed by atoms with van der Waals surface area (Å²) in [6.07, 6.45) is 3.71. The summed E-state index contributed by atoms with van der Waals surface area (Å²) in [6.45, 7) is 1.81. The highest BCUT2D eigenvalue weighted by Gasteiger charge is 2.72. The van der Waals surface area contributed by atoms with Crippen LogP contribution in [0.2, 0.25) is 0 Å². The minimum atomic E-state index is -0.946. The van der Waals surface area contributed by atoms with E-state index in [2.05, 4.69) is 24.3 Å². The Morgan fingerprint density at radius 3 is 2.73 bits per heavy atom. The number of carbonyl (C=O) groups excluding carboxylic acids is 2. The fraction of sp³-hybridized carbons (Fsp3) is 0.526. The second-order valence-electron chi connectivity index (χ2n) is 7.74. The zero-order valence-corrected chi connectivity index (χ0v) is 16.3. The molecule has 6 rings (SSSR count). The van der Waals surface area contributed by atoms with E-state index in [4.69, 9.17) is 0 Å². The molecule has 4 saturated heterocycles. The van der Waals surface area contributed by atoms with Gasteiger partial charge in [0.1, 0.15) is 0 Å². The van der Waals surface area contributed by atoms with Crippen molar-refractivity contribution in [1.82, 2.24) is 9.80 Å². The number of nitriles is 1. The Kier molecular flexibility index (Phi) is 3.31. The van der Waals surface area contributed by atoms with E-state index in [0.29, 0.717) is 6.42 Å². The van der Waals surface area contributed by atoms with Gasteiger partial charge in [0, 0.05) is 13.5 Å². The van der Waals surface area contributed by atoms with Gasteiger partial charge in [-0.15, -0.1) is 0 Å². The van der Waals surface area contributed by atoms with Crippen LogP contribution in [-0.4, -0.2) is 38.4 Å². The van der Waals surface area contributed by atoms with Crippen LogP contribution >= 0.6 is 21.6 Å². The SMILES string of the molecule is CN1C(=O)[C@@]23CC(C#N)[C@H](c4ccc5c(c4)CCC5)N2C(=O)C1(C)SS3. The maximum Gasteiger partial charge on any atom is 0.261 e. The van der Waals surface area contributed by atoms with Gasteiger partial charge in [-0.05, 0) is 42.9 Å². The maximum atomic E-state index is 13.4. The van der Waals surface area contributed by atoms with Crippen LogP contribution in [-0.2, 0) is 22.4 Å². The van der Waals surface area contributed by atoms with Gasteiger partial charge in [0.15, 0.2) is 9.74 Å². The number of piperazine rings is 1. The van der Waals surface area contributed by atoms with Crippen LogP contribution in [0.4, 0.5) is 0 Å². The van der Waals surface area contributed by atoms with E-state index in [1.807, 2.05) is 6.92 Å². The molecule has 1 spiro atoms. The van der Waals surface area contributed by atoms with Crippen molar-refractivity contribution in [2.75, 3.05) is 7.05 Å². The monoisotopic (exact) mass is 385 g/mol. The van der Waals surface area contributed by atoms with Crippen LogP contribution in [0.5, 0.6) is 0 Å². The summed E-state index contributed by atoms with van der Waals surface area (Å²) in [5.41, 5.74) is 3.69. The standard InChI is InChI=1S/C19H19N3O2S2/c1-18-16(23)22-15(13-7-6-11-4-3-5-12(11)8-13)14(10-20)9-19(22,26-25-18)17(24)21(18)2/h6-8,14-15H,3-5,9H2,1-2H3/t14?,15-,18?,19-/m0/s1. The fourth-order valence-electron chi connectivity index (χ4n) is 4.84. The second-order valence-corrected chi connectivity index (χ2v) is 10.5. The predicted octanol–water partition coefficient (Wildman–Crippen LogP) is 2.87. The number of fused-ring (bicyclic) bond motifs is 3. The summed E-state index contributed by atoms with van der Waals surface area (Å²) in [7, 11) is 4.63. The lowest BCUT2D eigenvalue weighted by Crippen LogP contribution is -2.73. The van der Waals surface area contributed by atoms with Crippen LogP contribution in [0.25, 0.3) is 0 Å². The molecule has 5 nitrogen and oxygen atoms in total. The molecule has 26 heavy (non-hydrogen) atoms. The number of benzene rings is 1. The summed E-state index contributed by atoms with van der Waals surface area (Å²) in [5, 5.41) is 9.84. The molecule has 4 aliphatic heterocycles. The molecular weight excluding hydrogens is 366 g/mol. The smallest absolute Gasteiger partial charge is 0.261 e. The molecule has 5 aliphatic rings. The lowest BCUT2D eigenvalue weighted by molar-refractivity contribution is -0.164. The van der Waals surface area contributed by atoms with E-state index in [1.165, 1.54) is 32.7 Å². The molecule has 1 aromatic rings. The van der Waals surface area contributed by atoms with Crippen molar-refractivity contribution >= 4 is 33.4 Å². The average molecular weight is 386 g/mol. The largest absolute Gasteiger partial charge is 0.319 e. The minimum Gasteiger partial charge on any atom is -0.319 e. The number of nitrogens with zero attached hydrogens (tertiary/aromatic N) is 3. The topological polar surface area (TPSA) is 64.4 Å². The highest BCUT2D eigenvalue weighted by atomic mass is 33.1. The van der Waals surface area contributed by atoms with E-state index < -0.39 is 9.74 Å². The number of amides is 2. The van der Waals surface area contributed by atoms with Gasteiger partial charge >= 0.3 is 0 Å². The van der Waals surface area contributed by atoms with Crippen molar-refractivity contribution in [3.8, 4) is 6.07 Å². The molecule has 4 heterocycles. The number of rotatable bonds is 1. The van der Waals surface area contributed by atoms with Crippen LogP contribution < -0.4 is 0 Å². The molecule has 2 bridgehead atoms. The molecule has 0 N–H and O–H groups in total. The Morgan fingerprint density at radius 1 is 1.19 bits per heavy atom. The van der Waals surface area contributed by atoms with Gasteiger partial charge in [0.25, 0.3) is 11.8 Å². The van der Waals surface area contributed by atoms with Crippen LogP contribution in [0, 0.1) is 17.2 Å². The zero-order chi connectivity index (χ0) is 18.3. The van der Waals surface area contributed by atoms with Gasteiger partial charge in [-0.25, -0.2) is 0 Å². The summed E-state index contributed by atoms with van der Waals surface area (Å²) >= 11 is 0. The Morgan fingerprint density at radius 2 is 1.96 bits per heavy atom. The van der Waals surface area contributed by atoms with Crippen LogP contribution in [0.15, 0.2) is 18.2 Å². The van der Waals surface area contributed by atoms with Gasteiger partial charge in [-0.1, -0.05) is 39.8 Å². The maximum absolute atomic E-state index is 13.4. The number of hydrogen-bond acceptors (Lipinski definition) is 5. The lowest BCUT2D eigenvalue weighted by Gasteiger charge is -2.57. The number of aryl methyl sites for hydroxylation is 2. The van der Waals surface area contributed by atoms with Crippen molar-refractivity contribution in [2.45, 2.75) is 48.4 Å². The highest BCUT2D eigenvalue weighted by Crippen LogP contribution is 2.66. The molecule has 0 aromatic heterocycles. The molecule has 4 atom stereocenters. The molecule has 2 unspecified atom stereocenters. The van der Waals surface area contributed by atoms with Gasteiger partial charge in [-0.3, -0.25) is 9.59 Å². The predicted molar refractivity (Wildman–Crippen MR) is 101 cm³/mol. The molecule has 1 aromatic carbocycles. The molecule has 0 radical (unpaired) electrons. The van der Waals surface area contributed by atoms with Gasteiger partial charge in [-0.2, -0.15) is 5.26 Å². The van der Waals surface area contributed by atoms with Crippen molar-refractivity contribution in [3.05, 3.63) is 34.9 Å². The van der Waals surface area contributed by atoms with Gasteiger partial charge < -0.3 is 9.80 Å². The molecule has 2 amide bonds. The minimum absolute atomic E-state index is 0.0488. The van der Waals surface area contributed by atoms with Gasteiger partial charge in [0.05, 0.1) is 18.0 Å². The Hall–Kier alpha value is -1.65. The molecule has 1 aliphatic carbocycles. The first-order chi connectivity index (χ1) is 12.4. The first-order valence-corrected chi connectivity index (χ1v) is 11.1. The summed E-state index contributed by atoms with van der Waals surface area (Å²) in [5.74, 6) is -0.469. The first kappa shape index (κ1) is 16.5. The lowest BCUT2D eigenvalue weighted by atomic mass is 9.92. The number of hydrogen-bond donors (Lipinski definition) is 0. The fourth-order valence-corrected chi connectivity index (χ4v) is 8.35. The first-order valence-electron chi connectivity index (χ1n) is 8.92. The Balaban J connectivity index is 1.66. The third kappa shape index (κ3) is 1.79. The molecule has 134 valence electrons. The van der Waals surface area contributed by atoms with Crippen molar-refractivity contribution in [2.24, 2.45) is 5.92 Å². The van der Waals surface area contributed by atoms with E-state index >= 15 is 0 Å². The molecular formula is C19H19N3O2S2. The third-order valence-electron chi connectivity index (χ3n) is 6.41. The van der Waals surface area contributed by atoms with Crippen molar-refractivity contribution in [3.63, 3.8) is 0 Å². The molecule has 4 fully saturated rings. The van der Waals surface area contributed by atoms with E-state index in [0.717, 1.165) is 24.8 Å². The highest BCUT2D eigenvalue weighted by molar-refractivity contribution is 8.78. The normalized spacial score (nSPS) is 37.7. The number of carbonyl (C=O) groups is 2. The van der Waals surface area contributed by atoms with E-state index in [1.54, 1.807) is 16.8 Å². The van der Waals surface area contributed by atoms with Crippen molar-refractivity contribution in [1.29, 1.82) is 5.26 Å². The summed E-state index contributed by atoms with van der Waals surface area (Å²) in [4.78, 5) is 28.0. The van der Waals surface area contributed by atoms with Crippen LogP contribution in [0.3, 0.4) is 0 Å². The van der Waals surface area contributed by atoms with E-state index in [9.17, 15) is 14.9 Å². The molecule has 7 heteroatoms. The third-order valence-corrected chi connectivity index (χ3v) is 10.1. The molecule has 0 saturated carbocycles.